The molecule has 0 radical (unpaired) electrons. The Morgan fingerprint density at radius 1 is 1.16 bits per heavy atom. The number of anilines is 1. The predicted octanol–water partition coefficient (Wildman–Crippen LogP) is 2.31. The zero-order valence-corrected chi connectivity index (χ0v) is 19.1. The van der Waals surface area contributed by atoms with E-state index in [0.29, 0.717) is 55.3 Å². The van der Waals surface area contributed by atoms with Gasteiger partial charge in [0.1, 0.15) is 0 Å². The van der Waals surface area contributed by atoms with E-state index in [0.717, 1.165) is 0 Å². The average molecular weight is 478 g/mol. The molecule has 0 saturated carbocycles. The number of furan rings is 1. The maximum Gasteiger partial charge on any atom is 0.243 e. The second kappa shape index (κ2) is 9.86. The molecule has 170 valence electrons. The van der Waals surface area contributed by atoms with Crippen molar-refractivity contribution < 1.29 is 22.4 Å². The van der Waals surface area contributed by atoms with Crippen molar-refractivity contribution >= 4 is 33.4 Å². The minimum Gasteiger partial charge on any atom is -0.461 e. The number of hydrogen-bond acceptors (Lipinski definition) is 8. The molecule has 1 aromatic carbocycles. The Bertz CT molecular complexity index is 1150. The molecule has 1 saturated heterocycles. The maximum atomic E-state index is 12.7. The van der Waals surface area contributed by atoms with Crippen LogP contribution in [0, 0.1) is 0 Å². The number of aromatic nitrogens is 3. The molecule has 3 aromatic rings. The van der Waals surface area contributed by atoms with Crippen LogP contribution in [0.1, 0.15) is 6.92 Å². The second-order valence-corrected chi connectivity index (χ2v) is 9.79. The van der Waals surface area contributed by atoms with Crippen molar-refractivity contribution in [3.05, 3.63) is 42.7 Å². The van der Waals surface area contributed by atoms with Gasteiger partial charge in [-0.2, -0.15) is 4.31 Å². The number of carbonyl (C=O) groups is 1. The summed E-state index contributed by atoms with van der Waals surface area (Å²) in [6.07, 6.45) is 1.57. The van der Waals surface area contributed by atoms with Crippen molar-refractivity contribution in [1.82, 2.24) is 19.1 Å². The maximum absolute atomic E-state index is 12.7. The molecule has 0 spiro atoms. The first kappa shape index (κ1) is 22.5. The number of nitrogens with zero attached hydrogens (tertiary/aromatic N) is 4. The molecular formula is C20H23N5O5S2. The van der Waals surface area contributed by atoms with Gasteiger partial charge < -0.3 is 14.5 Å². The van der Waals surface area contributed by atoms with Crippen LogP contribution in [0.2, 0.25) is 0 Å². The van der Waals surface area contributed by atoms with Crippen LogP contribution < -0.4 is 5.32 Å². The van der Waals surface area contributed by atoms with Crippen LogP contribution in [0.5, 0.6) is 0 Å². The lowest BCUT2D eigenvalue weighted by Crippen LogP contribution is -2.40. The zero-order chi connectivity index (χ0) is 22.6. The standard InChI is InChI=1S/C20H23N5O5S2/c1-2-25-19(17-4-3-11-30-17)22-23-20(25)31-14-18(26)21-15-5-7-16(8-6-15)32(27,28)24-9-12-29-13-10-24/h3-8,11H,2,9-10,12-14H2,1H3,(H,21,26). The summed E-state index contributed by atoms with van der Waals surface area (Å²) in [5.74, 6) is 1.12. The summed E-state index contributed by atoms with van der Waals surface area (Å²) in [5, 5.41) is 11.7. The van der Waals surface area contributed by atoms with Gasteiger partial charge in [0.05, 0.1) is 30.1 Å². The first-order valence-electron chi connectivity index (χ1n) is 10.1. The fourth-order valence-electron chi connectivity index (χ4n) is 3.24. The minimum atomic E-state index is -3.57. The van der Waals surface area contributed by atoms with Crippen LogP contribution in [0.3, 0.4) is 0 Å². The van der Waals surface area contributed by atoms with E-state index >= 15 is 0 Å². The Balaban J connectivity index is 1.36. The Morgan fingerprint density at radius 2 is 1.91 bits per heavy atom. The highest BCUT2D eigenvalue weighted by Crippen LogP contribution is 2.25. The van der Waals surface area contributed by atoms with Gasteiger partial charge in [-0.05, 0) is 43.3 Å². The van der Waals surface area contributed by atoms with E-state index in [-0.39, 0.29) is 16.6 Å². The summed E-state index contributed by atoms with van der Waals surface area (Å²) in [5.41, 5.74) is 0.518. The summed E-state index contributed by atoms with van der Waals surface area (Å²) in [6, 6.07) is 9.74. The highest BCUT2D eigenvalue weighted by atomic mass is 32.2. The predicted molar refractivity (Wildman–Crippen MR) is 119 cm³/mol. The van der Waals surface area contributed by atoms with Crippen molar-refractivity contribution in [2.75, 3.05) is 37.4 Å². The van der Waals surface area contributed by atoms with Crippen molar-refractivity contribution in [2.24, 2.45) is 0 Å². The van der Waals surface area contributed by atoms with E-state index in [2.05, 4.69) is 15.5 Å². The number of thioether (sulfide) groups is 1. The fourth-order valence-corrected chi connectivity index (χ4v) is 5.45. The quantitative estimate of drug-likeness (QED) is 0.491. The molecule has 1 aliphatic heterocycles. The molecule has 4 rings (SSSR count). The molecule has 1 amide bonds. The fraction of sp³-hybridized carbons (Fsp3) is 0.350. The smallest absolute Gasteiger partial charge is 0.243 e. The number of carbonyl (C=O) groups excluding carboxylic acids is 1. The number of amides is 1. The third-order valence-corrected chi connectivity index (χ3v) is 7.73. The largest absolute Gasteiger partial charge is 0.461 e. The number of ether oxygens (including phenoxy) is 1. The van der Waals surface area contributed by atoms with Crippen LogP contribution in [-0.4, -0.2) is 65.5 Å². The van der Waals surface area contributed by atoms with Gasteiger partial charge >= 0.3 is 0 Å². The van der Waals surface area contributed by atoms with Crippen LogP contribution in [0.15, 0.2) is 57.1 Å². The third-order valence-electron chi connectivity index (χ3n) is 4.85. The summed E-state index contributed by atoms with van der Waals surface area (Å²) in [7, 11) is -3.57. The van der Waals surface area contributed by atoms with Crippen LogP contribution in [-0.2, 0) is 26.1 Å². The number of nitrogens with one attached hydrogen (secondary N) is 1. The molecule has 10 nitrogen and oxygen atoms in total. The second-order valence-electron chi connectivity index (χ2n) is 6.91. The molecule has 0 atom stereocenters. The Labute approximate surface area is 190 Å². The van der Waals surface area contributed by atoms with E-state index in [1.165, 1.54) is 28.2 Å². The van der Waals surface area contributed by atoms with Crippen molar-refractivity contribution in [3.8, 4) is 11.6 Å². The molecular weight excluding hydrogens is 454 g/mol. The van der Waals surface area contributed by atoms with E-state index in [1.807, 2.05) is 11.5 Å². The molecule has 2 aromatic heterocycles. The van der Waals surface area contributed by atoms with Gasteiger partial charge in [-0.15, -0.1) is 10.2 Å². The number of benzene rings is 1. The molecule has 0 unspecified atom stereocenters. The number of sulfonamides is 1. The topological polar surface area (TPSA) is 120 Å². The Kier molecular flexibility index (Phi) is 6.94. The average Bonchev–Trinajstić information content (AvgIpc) is 3.48. The Hall–Kier alpha value is -2.67. The first-order chi connectivity index (χ1) is 15.5. The third kappa shape index (κ3) is 4.88. The Morgan fingerprint density at radius 3 is 2.56 bits per heavy atom. The van der Waals surface area contributed by atoms with E-state index in [9.17, 15) is 13.2 Å². The van der Waals surface area contributed by atoms with Gasteiger partial charge in [-0.1, -0.05) is 11.8 Å². The van der Waals surface area contributed by atoms with Gasteiger partial charge in [0.25, 0.3) is 0 Å². The minimum absolute atomic E-state index is 0.129. The molecule has 0 aliphatic carbocycles. The first-order valence-corrected chi connectivity index (χ1v) is 12.5. The van der Waals surface area contributed by atoms with Crippen LogP contribution in [0.4, 0.5) is 5.69 Å². The highest BCUT2D eigenvalue weighted by molar-refractivity contribution is 7.99. The summed E-state index contributed by atoms with van der Waals surface area (Å²) >= 11 is 1.26. The molecule has 1 aliphatic rings. The van der Waals surface area contributed by atoms with Crippen molar-refractivity contribution in [2.45, 2.75) is 23.5 Å². The highest BCUT2D eigenvalue weighted by Gasteiger charge is 2.26. The summed E-state index contributed by atoms with van der Waals surface area (Å²) < 4.78 is 39.3. The van der Waals surface area contributed by atoms with Crippen molar-refractivity contribution in [1.29, 1.82) is 0 Å². The number of rotatable bonds is 8. The van der Waals surface area contributed by atoms with Gasteiger partial charge in [-0.3, -0.25) is 9.36 Å². The lowest BCUT2D eigenvalue weighted by Gasteiger charge is -2.26. The number of morpholine rings is 1. The molecule has 1 fully saturated rings. The lowest BCUT2D eigenvalue weighted by atomic mass is 10.3. The monoisotopic (exact) mass is 477 g/mol. The van der Waals surface area contributed by atoms with Crippen LogP contribution >= 0.6 is 11.8 Å². The van der Waals surface area contributed by atoms with Gasteiger partial charge in [0.15, 0.2) is 16.7 Å². The SMILES string of the molecule is CCn1c(SCC(=O)Nc2ccc(S(=O)(=O)N3CCOCC3)cc2)nnc1-c1ccco1. The van der Waals surface area contributed by atoms with E-state index < -0.39 is 10.0 Å². The van der Waals surface area contributed by atoms with E-state index in [4.69, 9.17) is 9.15 Å². The lowest BCUT2D eigenvalue weighted by molar-refractivity contribution is -0.113. The zero-order valence-electron chi connectivity index (χ0n) is 17.4. The molecule has 12 heteroatoms. The van der Waals surface area contributed by atoms with Crippen LogP contribution in [0.25, 0.3) is 11.6 Å². The normalized spacial score (nSPS) is 15.0. The summed E-state index contributed by atoms with van der Waals surface area (Å²) in [6.45, 7) is 4.04. The number of hydrogen-bond donors (Lipinski definition) is 1. The van der Waals surface area contributed by atoms with Gasteiger partial charge in [-0.25, -0.2) is 8.42 Å². The molecule has 32 heavy (non-hydrogen) atoms. The molecule has 1 N–H and O–H groups in total. The van der Waals surface area contributed by atoms with Crippen molar-refractivity contribution in [3.63, 3.8) is 0 Å². The summed E-state index contributed by atoms with van der Waals surface area (Å²) in [4.78, 5) is 12.6. The molecule has 0 bridgehead atoms. The van der Waals surface area contributed by atoms with Gasteiger partial charge in [0, 0.05) is 25.3 Å². The van der Waals surface area contributed by atoms with Gasteiger partial charge in [0.2, 0.25) is 15.9 Å². The molecule has 3 heterocycles. The van der Waals surface area contributed by atoms with E-state index in [1.54, 1.807) is 30.5 Å².